The summed E-state index contributed by atoms with van der Waals surface area (Å²) in [5, 5.41) is 9.63. The molecule has 1 aromatic heterocycles. The van der Waals surface area contributed by atoms with E-state index >= 15 is 0 Å². The van der Waals surface area contributed by atoms with Crippen LogP contribution in [0.15, 0.2) is 17.4 Å². The molecule has 1 aliphatic rings. The SMILES string of the molecule is CC1=C(OC(C)C)CCC(c2nnc(NN)s2)=C1. The van der Waals surface area contributed by atoms with E-state index < -0.39 is 0 Å². The molecule has 0 aliphatic heterocycles. The number of hydrazine groups is 1. The van der Waals surface area contributed by atoms with Crippen molar-refractivity contribution < 1.29 is 4.74 Å². The van der Waals surface area contributed by atoms with Gasteiger partial charge in [0.2, 0.25) is 5.13 Å². The Balaban J connectivity index is 2.19. The second-order valence-corrected chi connectivity index (χ2v) is 5.48. The number of ether oxygens (including phenoxy) is 1. The molecule has 3 N–H and O–H groups in total. The van der Waals surface area contributed by atoms with Gasteiger partial charge in [-0.25, -0.2) is 5.84 Å². The summed E-state index contributed by atoms with van der Waals surface area (Å²) >= 11 is 1.47. The van der Waals surface area contributed by atoms with Crippen molar-refractivity contribution in [3.63, 3.8) is 0 Å². The number of hydrogen-bond donors (Lipinski definition) is 2. The van der Waals surface area contributed by atoms with Crippen molar-refractivity contribution in [2.24, 2.45) is 5.84 Å². The first-order chi connectivity index (χ1) is 8.60. The maximum atomic E-state index is 5.78. The lowest BCUT2D eigenvalue weighted by Crippen LogP contribution is -2.07. The molecule has 0 amide bonds. The van der Waals surface area contributed by atoms with Gasteiger partial charge in [0.15, 0.2) is 0 Å². The molecule has 1 aliphatic carbocycles. The maximum absolute atomic E-state index is 5.78. The van der Waals surface area contributed by atoms with Gasteiger partial charge in [-0.3, -0.25) is 5.43 Å². The minimum absolute atomic E-state index is 0.222. The van der Waals surface area contributed by atoms with Crippen LogP contribution in [0.3, 0.4) is 0 Å². The fourth-order valence-corrected chi connectivity index (χ4v) is 2.57. The van der Waals surface area contributed by atoms with E-state index in [2.05, 4.69) is 28.6 Å². The average Bonchev–Trinajstić information content (AvgIpc) is 2.80. The molecule has 5 nitrogen and oxygen atoms in total. The van der Waals surface area contributed by atoms with Crippen LogP contribution in [-0.2, 0) is 4.74 Å². The van der Waals surface area contributed by atoms with Gasteiger partial charge in [0.1, 0.15) is 5.01 Å². The number of nitrogens with one attached hydrogen (secondary N) is 1. The molecule has 0 bridgehead atoms. The first kappa shape index (κ1) is 13.0. The van der Waals surface area contributed by atoms with Crippen LogP contribution in [0.1, 0.15) is 38.6 Å². The first-order valence-corrected chi connectivity index (χ1v) is 6.79. The highest BCUT2D eigenvalue weighted by atomic mass is 32.1. The molecule has 1 heterocycles. The van der Waals surface area contributed by atoms with Gasteiger partial charge >= 0.3 is 0 Å². The van der Waals surface area contributed by atoms with Gasteiger partial charge in [0.25, 0.3) is 0 Å². The van der Waals surface area contributed by atoms with E-state index in [4.69, 9.17) is 10.6 Å². The third-order valence-corrected chi connectivity index (χ3v) is 3.58. The Morgan fingerprint density at radius 2 is 2.17 bits per heavy atom. The summed E-state index contributed by atoms with van der Waals surface area (Å²) in [7, 11) is 0. The van der Waals surface area contributed by atoms with Crippen molar-refractivity contribution >= 4 is 22.0 Å². The third-order valence-electron chi connectivity index (χ3n) is 2.65. The van der Waals surface area contributed by atoms with Gasteiger partial charge in [-0.1, -0.05) is 11.3 Å². The molecule has 0 atom stereocenters. The number of nitrogen functional groups attached to an aromatic ring is 1. The molecule has 1 aromatic rings. The normalized spacial score (nSPS) is 15.9. The van der Waals surface area contributed by atoms with Crippen LogP contribution < -0.4 is 11.3 Å². The summed E-state index contributed by atoms with van der Waals surface area (Å²) < 4.78 is 5.78. The van der Waals surface area contributed by atoms with E-state index in [1.54, 1.807) is 0 Å². The molecule has 2 rings (SSSR count). The Labute approximate surface area is 111 Å². The van der Waals surface area contributed by atoms with E-state index in [1.807, 2.05) is 13.8 Å². The Hall–Kier alpha value is -1.40. The minimum Gasteiger partial charge on any atom is -0.495 e. The van der Waals surface area contributed by atoms with Crippen LogP contribution in [0.5, 0.6) is 0 Å². The lowest BCUT2D eigenvalue weighted by Gasteiger charge is -2.20. The Morgan fingerprint density at radius 3 is 2.72 bits per heavy atom. The third kappa shape index (κ3) is 2.88. The molecule has 0 aromatic carbocycles. The van der Waals surface area contributed by atoms with E-state index in [0.29, 0.717) is 5.13 Å². The molecule has 6 heteroatoms. The van der Waals surface area contributed by atoms with Gasteiger partial charge in [0, 0.05) is 6.42 Å². The highest BCUT2D eigenvalue weighted by Crippen LogP contribution is 2.33. The van der Waals surface area contributed by atoms with Crippen molar-refractivity contribution in [3.8, 4) is 0 Å². The molecule has 0 unspecified atom stereocenters. The monoisotopic (exact) mass is 266 g/mol. The van der Waals surface area contributed by atoms with E-state index in [0.717, 1.165) is 23.6 Å². The van der Waals surface area contributed by atoms with Gasteiger partial charge in [-0.2, -0.15) is 0 Å². The highest BCUT2D eigenvalue weighted by molar-refractivity contribution is 7.16. The lowest BCUT2D eigenvalue weighted by atomic mass is 9.99. The van der Waals surface area contributed by atoms with Crippen molar-refractivity contribution in [1.29, 1.82) is 0 Å². The summed E-state index contributed by atoms with van der Waals surface area (Å²) in [6.45, 7) is 6.16. The molecular weight excluding hydrogens is 248 g/mol. The molecule has 0 saturated heterocycles. The average molecular weight is 266 g/mol. The molecule has 18 heavy (non-hydrogen) atoms. The molecular formula is C12H18N4OS. The standard InChI is InChI=1S/C12H18N4OS/c1-7(2)17-10-5-4-9(6-8(10)3)11-15-16-12(14-13)18-11/h6-7H,4-5,13H2,1-3H3,(H,14,16). The topological polar surface area (TPSA) is 73.1 Å². The second-order valence-electron chi connectivity index (χ2n) is 4.50. The first-order valence-electron chi connectivity index (χ1n) is 5.97. The number of anilines is 1. The predicted octanol–water partition coefficient (Wildman–Crippen LogP) is 2.70. The van der Waals surface area contributed by atoms with Crippen LogP contribution >= 0.6 is 11.3 Å². The Kier molecular flexibility index (Phi) is 3.98. The Bertz CT molecular complexity index is 490. The fourth-order valence-electron chi connectivity index (χ4n) is 1.88. The number of nitrogens with zero attached hydrogens (tertiary/aromatic N) is 2. The van der Waals surface area contributed by atoms with E-state index in [-0.39, 0.29) is 6.10 Å². The smallest absolute Gasteiger partial charge is 0.220 e. The van der Waals surface area contributed by atoms with Gasteiger partial charge in [-0.15, -0.1) is 10.2 Å². The summed E-state index contributed by atoms with van der Waals surface area (Å²) in [5.41, 5.74) is 4.88. The summed E-state index contributed by atoms with van der Waals surface area (Å²) in [6, 6.07) is 0. The van der Waals surface area contributed by atoms with E-state index in [9.17, 15) is 0 Å². The summed E-state index contributed by atoms with van der Waals surface area (Å²) in [5.74, 6) is 6.39. The molecule has 98 valence electrons. The van der Waals surface area contributed by atoms with Gasteiger partial charge in [0.05, 0.1) is 11.9 Å². The lowest BCUT2D eigenvalue weighted by molar-refractivity contribution is 0.137. The van der Waals surface area contributed by atoms with Crippen LogP contribution in [-0.4, -0.2) is 16.3 Å². The molecule has 0 spiro atoms. The minimum atomic E-state index is 0.222. The zero-order valence-electron chi connectivity index (χ0n) is 10.9. The van der Waals surface area contributed by atoms with Crippen LogP contribution in [0.4, 0.5) is 5.13 Å². The van der Waals surface area contributed by atoms with Crippen molar-refractivity contribution in [2.45, 2.75) is 39.7 Å². The number of aromatic nitrogens is 2. The van der Waals surface area contributed by atoms with Crippen LogP contribution in [0, 0.1) is 0 Å². The molecule has 0 fully saturated rings. The Morgan fingerprint density at radius 1 is 1.39 bits per heavy atom. The van der Waals surface area contributed by atoms with Crippen LogP contribution in [0.25, 0.3) is 5.57 Å². The second kappa shape index (κ2) is 5.49. The molecule has 0 saturated carbocycles. The van der Waals surface area contributed by atoms with E-state index in [1.165, 1.54) is 22.5 Å². The number of hydrogen-bond acceptors (Lipinski definition) is 6. The number of allylic oxidation sites excluding steroid dienone is 4. The van der Waals surface area contributed by atoms with Gasteiger partial charge < -0.3 is 4.74 Å². The molecule has 0 radical (unpaired) electrons. The number of rotatable bonds is 4. The van der Waals surface area contributed by atoms with Crippen LogP contribution in [0.2, 0.25) is 0 Å². The zero-order chi connectivity index (χ0) is 13.1. The largest absolute Gasteiger partial charge is 0.495 e. The summed E-state index contributed by atoms with van der Waals surface area (Å²) in [4.78, 5) is 0. The predicted molar refractivity (Wildman–Crippen MR) is 73.9 cm³/mol. The van der Waals surface area contributed by atoms with Crippen molar-refractivity contribution in [2.75, 3.05) is 5.43 Å². The van der Waals surface area contributed by atoms with Crippen molar-refractivity contribution in [1.82, 2.24) is 10.2 Å². The number of nitrogens with two attached hydrogens (primary N) is 1. The van der Waals surface area contributed by atoms with Gasteiger partial charge in [-0.05, 0) is 44.4 Å². The maximum Gasteiger partial charge on any atom is 0.220 e. The zero-order valence-corrected chi connectivity index (χ0v) is 11.7. The van der Waals surface area contributed by atoms with Crippen molar-refractivity contribution in [3.05, 3.63) is 22.4 Å². The summed E-state index contributed by atoms with van der Waals surface area (Å²) in [6.07, 6.45) is 4.20. The quantitative estimate of drug-likeness (QED) is 0.647. The highest BCUT2D eigenvalue weighted by Gasteiger charge is 2.17. The fraction of sp³-hybridized carbons (Fsp3) is 0.500.